The molecule has 4 rings (SSSR count). The highest BCUT2D eigenvalue weighted by atomic mass is 35.5. The van der Waals surface area contributed by atoms with E-state index in [0.717, 1.165) is 19.3 Å². The van der Waals surface area contributed by atoms with Gasteiger partial charge in [-0.05, 0) is 82.9 Å². The van der Waals surface area contributed by atoms with Gasteiger partial charge in [-0.2, -0.15) is 0 Å². The molecule has 8 nitrogen and oxygen atoms in total. The molecule has 222 valence electrons. The van der Waals surface area contributed by atoms with Gasteiger partial charge in [-0.3, -0.25) is 9.59 Å². The highest BCUT2D eigenvalue weighted by Gasteiger charge is 2.55. The fourth-order valence-corrected chi connectivity index (χ4v) is 5.61. The van der Waals surface area contributed by atoms with Gasteiger partial charge in [-0.15, -0.1) is 0 Å². The average molecular weight is 606 g/mol. The molecule has 1 fully saturated rings. The number of carbonyl (C=O) groups excluding carboxylic acids is 2. The number of aliphatic imine (C=N–C) groups is 1. The van der Waals surface area contributed by atoms with Crippen LogP contribution in [0.2, 0.25) is 10.0 Å². The first-order valence-corrected chi connectivity index (χ1v) is 14.8. The molecule has 41 heavy (non-hydrogen) atoms. The van der Waals surface area contributed by atoms with Crippen molar-refractivity contribution in [3.8, 4) is 5.75 Å². The maximum absolute atomic E-state index is 14.4. The standard InChI is InChI=1S/C31H38Cl2N2O6/c1-30(2,3)41-26(37)14-15-31(29(38)35-16-5-4-6-17-35)27(24-13-10-22(32)20-25(24)33)40-28(34-31)21-8-11-23(12-9-21)39-19-7-18-36/h8-13,20,27,36H,4-7,14-19H2,1-3H3/t27-,31-/m1/s1. The van der Waals surface area contributed by atoms with Gasteiger partial charge >= 0.3 is 5.97 Å². The number of hydrogen-bond acceptors (Lipinski definition) is 7. The van der Waals surface area contributed by atoms with E-state index in [4.69, 9.17) is 47.5 Å². The van der Waals surface area contributed by atoms with Crippen molar-refractivity contribution in [3.05, 3.63) is 63.6 Å². The summed E-state index contributed by atoms with van der Waals surface area (Å²) in [6, 6.07) is 12.3. The molecule has 0 unspecified atom stereocenters. The van der Waals surface area contributed by atoms with Crippen LogP contribution in [0.15, 0.2) is 47.5 Å². The number of piperidine rings is 1. The van der Waals surface area contributed by atoms with Gasteiger partial charge in [0.15, 0.2) is 11.6 Å². The van der Waals surface area contributed by atoms with Crippen LogP contribution in [0.5, 0.6) is 5.75 Å². The van der Waals surface area contributed by atoms with Crippen LogP contribution in [0.1, 0.15) is 76.5 Å². The van der Waals surface area contributed by atoms with E-state index in [1.54, 1.807) is 30.3 Å². The molecule has 1 saturated heterocycles. The third-order valence-corrected chi connectivity index (χ3v) is 7.59. The van der Waals surface area contributed by atoms with Crippen LogP contribution in [0.3, 0.4) is 0 Å². The highest BCUT2D eigenvalue weighted by molar-refractivity contribution is 6.35. The number of halogens is 2. The Morgan fingerprint density at radius 2 is 1.80 bits per heavy atom. The molecule has 10 heteroatoms. The van der Waals surface area contributed by atoms with Crippen LogP contribution < -0.4 is 4.74 Å². The molecule has 1 N–H and O–H groups in total. The lowest BCUT2D eigenvalue weighted by molar-refractivity contribution is -0.155. The van der Waals surface area contributed by atoms with E-state index >= 15 is 0 Å². The first kappa shape index (κ1) is 31.1. The van der Waals surface area contributed by atoms with Gasteiger partial charge in [-0.1, -0.05) is 29.3 Å². The summed E-state index contributed by atoms with van der Waals surface area (Å²) in [5.74, 6) is 0.296. The van der Waals surface area contributed by atoms with E-state index in [2.05, 4.69) is 0 Å². The summed E-state index contributed by atoms with van der Waals surface area (Å²) in [5, 5.41) is 9.82. The van der Waals surface area contributed by atoms with E-state index in [9.17, 15) is 9.59 Å². The zero-order valence-electron chi connectivity index (χ0n) is 23.8. The second-order valence-corrected chi connectivity index (χ2v) is 12.2. The lowest BCUT2D eigenvalue weighted by Crippen LogP contribution is -2.52. The molecule has 2 heterocycles. The molecule has 0 saturated carbocycles. The summed E-state index contributed by atoms with van der Waals surface area (Å²) in [6.07, 6.45) is 2.53. The van der Waals surface area contributed by atoms with Crippen LogP contribution in [-0.2, 0) is 19.1 Å². The van der Waals surface area contributed by atoms with E-state index in [1.165, 1.54) is 0 Å². The lowest BCUT2D eigenvalue weighted by atomic mass is 9.82. The highest BCUT2D eigenvalue weighted by Crippen LogP contribution is 2.47. The first-order valence-electron chi connectivity index (χ1n) is 14.1. The summed E-state index contributed by atoms with van der Waals surface area (Å²) < 4.78 is 17.8. The number of aliphatic hydroxyl groups is 1. The van der Waals surface area contributed by atoms with E-state index in [1.807, 2.05) is 37.8 Å². The topological polar surface area (TPSA) is 97.7 Å². The summed E-state index contributed by atoms with van der Waals surface area (Å²) in [5.41, 5.74) is -0.896. The van der Waals surface area contributed by atoms with Crippen molar-refractivity contribution in [1.29, 1.82) is 0 Å². The molecule has 2 aliphatic heterocycles. The van der Waals surface area contributed by atoms with Gasteiger partial charge < -0.3 is 24.2 Å². The Bertz CT molecular complexity index is 1250. The maximum atomic E-state index is 14.4. The van der Waals surface area contributed by atoms with Crippen molar-refractivity contribution < 1.29 is 28.9 Å². The fraction of sp³-hybridized carbons (Fsp3) is 0.516. The number of aliphatic hydroxyl groups excluding tert-OH is 1. The van der Waals surface area contributed by atoms with Gasteiger partial charge in [0.25, 0.3) is 5.91 Å². The molecule has 2 aromatic rings. The molecular weight excluding hydrogens is 567 g/mol. The van der Waals surface area contributed by atoms with Crippen LogP contribution in [0.4, 0.5) is 0 Å². The summed E-state index contributed by atoms with van der Waals surface area (Å²) in [4.78, 5) is 34.1. The number of rotatable bonds is 10. The largest absolute Gasteiger partial charge is 0.494 e. The second-order valence-electron chi connectivity index (χ2n) is 11.4. The minimum atomic E-state index is -1.45. The number of hydrogen-bond donors (Lipinski definition) is 1. The molecule has 0 aromatic heterocycles. The summed E-state index contributed by atoms with van der Waals surface area (Å²) >= 11 is 12.9. The number of esters is 1. The van der Waals surface area contributed by atoms with Crippen LogP contribution in [0.25, 0.3) is 0 Å². The third kappa shape index (κ3) is 7.73. The third-order valence-electron chi connectivity index (χ3n) is 7.03. The molecule has 2 atom stereocenters. The Morgan fingerprint density at radius 1 is 1.10 bits per heavy atom. The Kier molecular flexibility index (Phi) is 10.2. The maximum Gasteiger partial charge on any atom is 0.306 e. The van der Waals surface area contributed by atoms with Crippen LogP contribution >= 0.6 is 23.2 Å². The molecule has 0 aliphatic carbocycles. The van der Waals surface area contributed by atoms with E-state index in [-0.39, 0.29) is 31.3 Å². The minimum Gasteiger partial charge on any atom is -0.494 e. The van der Waals surface area contributed by atoms with Crippen molar-refractivity contribution in [3.63, 3.8) is 0 Å². The summed E-state index contributed by atoms with van der Waals surface area (Å²) in [6.45, 7) is 7.08. The van der Waals surface area contributed by atoms with Crippen molar-refractivity contribution in [2.45, 2.75) is 76.5 Å². The SMILES string of the molecule is CC(C)(C)OC(=O)CC[C@@]1(C(=O)N2CCCCC2)N=C(c2ccc(OCCCO)cc2)O[C@@H]1c1ccc(Cl)cc1Cl. The molecule has 2 aromatic carbocycles. The van der Waals surface area contributed by atoms with Crippen molar-refractivity contribution in [2.75, 3.05) is 26.3 Å². The summed E-state index contributed by atoms with van der Waals surface area (Å²) in [7, 11) is 0. The average Bonchev–Trinajstić information content (AvgIpc) is 3.32. The number of benzene rings is 2. The quantitative estimate of drug-likeness (QED) is 0.258. The van der Waals surface area contributed by atoms with Crippen molar-refractivity contribution in [2.24, 2.45) is 4.99 Å². The molecule has 0 radical (unpaired) electrons. The molecule has 0 spiro atoms. The van der Waals surface area contributed by atoms with Gasteiger partial charge in [0.1, 0.15) is 11.4 Å². The van der Waals surface area contributed by atoms with Gasteiger partial charge in [0.2, 0.25) is 5.90 Å². The van der Waals surface area contributed by atoms with E-state index < -0.39 is 23.2 Å². The molecule has 1 amide bonds. The monoisotopic (exact) mass is 604 g/mol. The minimum absolute atomic E-state index is 0.0314. The lowest BCUT2D eigenvalue weighted by Gasteiger charge is -2.37. The smallest absolute Gasteiger partial charge is 0.306 e. The van der Waals surface area contributed by atoms with Crippen molar-refractivity contribution in [1.82, 2.24) is 4.90 Å². The number of nitrogens with zero attached hydrogens (tertiary/aromatic N) is 2. The first-order chi connectivity index (χ1) is 19.5. The van der Waals surface area contributed by atoms with Crippen molar-refractivity contribution >= 4 is 41.0 Å². The van der Waals surface area contributed by atoms with Gasteiger partial charge in [-0.25, -0.2) is 4.99 Å². The van der Waals surface area contributed by atoms with Crippen LogP contribution in [0, 0.1) is 0 Å². The van der Waals surface area contributed by atoms with Gasteiger partial charge in [0, 0.05) is 53.7 Å². The molecule has 0 bridgehead atoms. The Hall–Kier alpha value is -2.81. The Morgan fingerprint density at radius 3 is 2.44 bits per heavy atom. The zero-order chi connectivity index (χ0) is 29.6. The number of ether oxygens (including phenoxy) is 3. The zero-order valence-corrected chi connectivity index (χ0v) is 25.3. The molecule has 2 aliphatic rings. The predicted octanol–water partition coefficient (Wildman–Crippen LogP) is 6.15. The second kappa shape index (κ2) is 13.4. The van der Waals surface area contributed by atoms with Crippen LogP contribution in [-0.4, -0.2) is 65.2 Å². The predicted molar refractivity (Wildman–Crippen MR) is 159 cm³/mol. The molecular formula is C31H38Cl2N2O6. The fourth-order valence-electron chi connectivity index (χ4n) is 5.10. The van der Waals surface area contributed by atoms with E-state index in [0.29, 0.717) is 53.0 Å². The normalized spacial score (nSPS) is 20.8. The Balaban J connectivity index is 1.76. The Labute approximate surface area is 251 Å². The number of amides is 1. The number of carbonyl (C=O) groups is 2. The number of likely N-dealkylation sites (tertiary alicyclic amines) is 1. The van der Waals surface area contributed by atoms with Gasteiger partial charge in [0.05, 0.1) is 6.61 Å².